The highest BCUT2D eigenvalue weighted by Crippen LogP contribution is 2.38. The second-order valence-corrected chi connectivity index (χ2v) is 5.63. The molecular formula is C10H5BrF3NO2S. The van der Waals surface area contributed by atoms with E-state index >= 15 is 0 Å². The van der Waals surface area contributed by atoms with Gasteiger partial charge >= 0.3 is 12.1 Å². The van der Waals surface area contributed by atoms with Crippen LogP contribution in [-0.2, 0) is 10.9 Å². The molecule has 0 aliphatic carbocycles. The van der Waals surface area contributed by atoms with E-state index in [2.05, 4.69) is 25.7 Å². The third-order valence-corrected chi connectivity index (χ3v) is 3.65. The molecule has 0 fully saturated rings. The highest BCUT2D eigenvalue weighted by Gasteiger charge is 2.35. The average molecular weight is 340 g/mol. The Balaban J connectivity index is 2.76. The largest absolute Gasteiger partial charge is 0.465 e. The Hall–Kier alpha value is -1.15. The van der Waals surface area contributed by atoms with Crippen molar-refractivity contribution in [2.24, 2.45) is 0 Å². The molecule has 3 nitrogen and oxygen atoms in total. The molecule has 1 heterocycles. The number of methoxy groups -OCH3 is 1. The van der Waals surface area contributed by atoms with E-state index in [1.165, 1.54) is 6.07 Å². The third-order valence-electron chi connectivity index (χ3n) is 2.20. The van der Waals surface area contributed by atoms with Gasteiger partial charge in [0.25, 0.3) is 0 Å². The van der Waals surface area contributed by atoms with Crippen molar-refractivity contribution in [1.82, 2.24) is 4.98 Å². The number of carbonyl (C=O) groups is 1. The van der Waals surface area contributed by atoms with E-state index in [9.17, 15) is 18.0 Å². The highest BCUT2D eigenvalue weighted by molar-refractivity contribution is 9.11. The molecule has 2 aromatic rings. The summed E-state index contributed by atoms with van der Waals surface area (Å²) < 4.78 is 43.6. The molecule has 0 atom stereocenters. The number of ether oxygens (including phenoxy) is 1. The van der Waals surface area contributed by atoms with Gasteiger partial charge < -0.3 is 4.74 Å². The fourth-order valence-electron chi connectivity index (χ4n) is 1.45. The molecule has 18 heavy (non-hydrogen) atoms. The molecule has 1 aromatic heterocycles. The lowest BCUT2D eigenvalue weighted by molar-refractivity contribution is -0.136. The SMILES string of the molecule is COC(=O)c1cc(C(F)(F)F)c2nc(Br)sc2c1. The predicted octanol–water partition coefficient (Wildman–Crippen LogP) is 3.86. The Bertz CT molecular complexity index is 623. The van der Waals surface area contributed by atoms with Crippen LogP contribution in [-0.4, -0.2) is 18.1 Å². The zero-order valence-electron chi connectivity index (χ0n) is 8.84. The van der Waals surface area contributed by atoms with E-state index < -0.39 is 17.7 Å². The van der Waals surface area contributed by atoms with E-state index in [0.29, 0.717) is 3.92 Å². The number of aromatic nitrogens is 1. The zero-order chi connectivity index (χ0) is 13.5. The Morgan fingerprint density at radius 3 is 2.67 bits per heavy atom. The van der Waals surface area contributed by atoms with Crippen molar-refractivity contribution in [2.45, 2.75) is 6.18 Å². The van der Waals surface area contributed by atoms with Gasteiger partial charge in [0.15, 0.2) is 3.92 Å². The van der Waals surface area contributed by atoms with Gasteiger partial charge in [0, 0.05) is 0 Å². The maximum Gasteiger partial charge on any atom is 0.418 e. The van der Waals surface area contributed by atoms with Crippen LogP contribution < -0.4 is 0 Å². The van der Waals surface area contributed by atoms with Crippen LogP contribution in [0.4, 0.5) is 13.2 Å². The summed E-state index contributed by atoms with van der Waals surface area (Å²) in [6.45, 7) is 0. The quantitative estimate of drug-likeness (QED) is 0.740. The summed E-state index contributed by atoms with van der Waals surface area (Å²) in [4.78, 5) is 15.1. The summed E-state index contributed by atoms with van der Waals surface area (Å²) in [5.74, 6) is -0.813. The minimum Gasteiger partial charge on any atom is -0.465 e. The number of fused-ring (bicyclic) bond motifs is 1. The maximum absolute atomic E-state index is 12.9. The Morgan fingerprint density at radius 1 is 1.44 bits per heavy atom. The highest BCUT2D eigenvalue weighted by atomic mass is 79.9. The van der Waals surface area contributed by atoms with Crippen molar-refractivity contribution in [1.29, 1.82) is 0 Å². The second kappa shape index (κ2) is 4.51. The minimum atomic E-state index is -4.57. The van der Waals surface area contributed by atoms with Crippen LogP contribution in [0, 0.1) is 0 Å². The number of hydrogen-bond acceptors (Lipinski definition) is 4. The smallest absolute Gasteiger partial charge is 0.418 e. The lowest BCUT2D eigenvalue weighted by atomic mass is 10.1. The Kier molecular flexibility index (Phi) is 3.33. The Labute approximate surface area is 112 Å². The molecule has 0 aliphatic heterocycles. The molecule has 2 rings (SSSR count). The van der Waals surface area contributed by atoms with Crippen molar-refractivity contribution < 1.29 is 22.7 Å². The van der Waals surface area contributed by atoms with Crippen molar-refractivity contribution in [3.63, 3.8) is 0 Å². The number of benzene rings is 1. The Morgan fingerprint density at radius 2 is 2.11 bits per heavy atom. The molecule has 0 bridgehead atoms. The normalized spacial score (nSPS) is 11.8. The molecular weight excluding hydrogens is 335 g/mol. The van der Waals surface area contributed by atoms with Gasteiger partial charge in [-0.2, -0.15) is 13.2 Å². The number of alkyl halides is 3. The van der Waals surface area contributed by atoms with E-state index in [-0.39, 0.29) is 15.8 Å². The van der Waals surface area contributed by atoms with Gasteiger partial charge in [-0.25, -0.2) is 9.78 Å². The molecule has 1 aromatic carbocycles. The van der Waals surface area contributed by atoms with Crippen LogP contribution in [0.1, 0.15) is 15.9 Å². The van der Waals surface area contributed by atoms with E-state index in [1.54, 1.807) is 0 Å². The first-order valence-electron chi connectivity index (χ1n) is 4.58. The number of hydrogen-bond donors (Lipinski definition) is 0. The first-order valence-corrected chi connectivity index (χ1v) is 6.19. The number of nitrogens with zero attached hydrogens (tertiary/aromatic N) is 1. The van der Waals surface area contributed by atoms with Gasteiger partial charge in [0.05, 0.1) is 28.5 Å². The minimum absolute atomic E-state index is 0.145. The van der Waals surface area contributed by atoms with E-state index in [1.807, 2.05) is 0 Å². The van der Waals surface area contributed by atoms with Crippen molar-refractivity contribution in [3.8, 4) is 0 Å². The van der Waals surface area contributed by atoms with Crippen molar-refractivity contribution in [3.05, 3.63) is 27.2 Å². The molecule has 0 amide bonds. The summed E-state index contributed by atoms with van der Waals surface area (Å²) in [6, 6.07) is 2.08. The van der Waals surface area contributed by atoms with Gasteiger partial charge in [-0.05, 0) is 28.1 Å². The van der Waals surface area contributed by atoms with Crippen molar-refractivity contribution >= 4 is 43.5 Å². The van der Waals surface area contributed by atoms with Crippen LogP contribution >= 0.6 is 27.3 Å². The number of halogens is 4. The summed E-state index contributed by atoms with van der Waals surface area (Å²) >= 11 is 4.05. The molecule has 0 saturated heterocycles. The van der Waals surface area contributed by atoms with Gasteiger partial charge in [-0.15, -0.1) is 11.3 Å². The molecule has 0 aliphatic rings. The van der Waals surface area contributed by atoms with Crippen molar-refractivity contribution in [2.75, 3.05) is 7.11 Å². The molecule has 0 N–H and O–H groups in total. The number of esters is 1. The zero-order valence-corrected chi connectivity index (χ0v) is 11.2. The van der Waals surface area contributed by atoms with Crippen LogP contribution in [0.3, 0.4) is 0 Å². The molecule has 0 radical (unpaired) electrons. The van der Waals surface area contributed by atoms with Gasteiger partial charge in [0.2, 0.25) is 0 Å². The van der Waals surface area contributed by atoms with E-state index in [4.69, 9.17) is 0 Å². The maximum atomic E-state index is 12.9. The predicted molar refractivity (Wildman–Crippen MR) is 63.7 cm³/mol. The topological polar surface area (TPSA) is 39.2 Å². The molecule has 0 spiro atoms. The number of thiazole rings is 1. The molecule has 0 saturated carbocycles. The van der Waals surface area contributed by atoms with Crippen LogP contribution in [0.5, 0.6) is 0 Å². The molecule has 8 heteroatoms. The van der Waals surface area contributed by atoms with Crippen LogP contribution in [0.25, 0.3) is 10.2 Å². The number of rotatable bonds is 1. The van der Waals surface area contributed by atoms with E-state index in [0.717, 1.165) is 24.5 Å². The molecule has 0 unspecified atom stereocenters. The van der Waals surface area contributed by atoms with Gasteiger partial charge in [-0.1, -0.05) is 0 Å². The lowest BCUT2D eigenvalue weighted by Crippen LogP contribution is -2.09. The monoisotopic (exact) mass is 339 g/mol. The van der Waals surface area contributed by atoms with Gasteiger partial charge in [-0.3, -0.25) is 0 Å². The lowest BCUT2D eigenvalue weighted by Gasteiger charge is -2.09. The number of carbonyl (C=O) groups excluding carboxylic acids is 1. The first-order chi connectivity index (χ1) is 8.32. The average Bonchev–Trinajstić information content (AvgIpc) is 2.65. The first kappa shape index (κ1) is 13.3. The summed E-state index contributed by atoms with van der Waals surface area (Å²) in [7, 11) is 1.11. The van der Waals surface area contributed by atoms with Crippen LogP contribution in [0.2, 0.25) is 0 Å². The summed E-state index contributed by atoms with van der Waals surface area (Å²) in [5.41, 5.74) is -1.26. The van der Waals surface area contributed by atoms with Gasteiger partial charge in [0.1, 0.15) is 0 Å². The van der Waals surface area contributed by atoms with Crippen LogP contribution in [0.15, 0.2) is 16.0 Å². The fourth-order valence-corrected chi connectivity index (χ4v) is 2.91. The third kappa shape index (κ3) is 2.35. The standard InChI is InChI=1S/C10H5BrF3NO2S/c1-17-8(16)4-2-5(10(12,13)14)7-6(3-4)18-9(11)15-7/h2-3H,1H3. The molecule has 96 valence electrons. The fraction of sp³-hybridized carbons (Fsp3) is 0.200. The second-order valence-electron chi connectivity index (χ2n) is 3.33. The summed E-state index contributed by atoms with van der Waals surface area (Å²) in [5, 5.41) is 0. The summed E-state index contributed by atoms with van der Waals surface area (Å²) in [6.07, 6.45) is -4.57.